The number of allylic oxidation sites excluding steroid dienone is 2. The van der Waals surface area contributed by atoms with E-state index in [-0.39, 0.29) is 29.6 Å². The second-order valence-corrected chi connectivity index (χ2v) is 4.97. The van der Waals surface area contributed by atoms with Gasteiger partial charge in [0.2, 0.25) is 0 Å². The number of carbonyl (C=O) groups is 1. The van der Waals surface area contributed by atoms with Crippen LogP contribution in [-0.2, 0) is 9.53 Å². The standard InChI is InChI=1S/C15H17NO3/c1-2-19-15(18)14-11-6-3-5-9(11)10-7-4-8-12(17)13(10)16-14/h3-5,7-9,11,14,16-17H,2,6H2,1H3/t9-,11-,14+/m0/s1. The Balaban J connectivity index is 2.00. The fourth-order valence-corrected chi connectivity index (χ4v) is 3.07. The molecule has 0 amide bonds. The van der Waals surface area contributed by atoms with Gasteiger partial charge in [-0.3, -0.25) is 0 Å². The molecule has 100 valence electrons. The molecule has 19 heavy (non-hydrogen) atoms. The second-order valence-electron chi connectivity index (χ2n) is 4.97. The molecule has 1 aromatic carbocycles. The third-order valence-electron chi connectivity index (χ3n) is 3.92. The summed E-state index contributed by atoms with van der Waals surface area (Å²) >= 11 is 0. The van der Waals surface area contributed by atoms with Gasteiger partial charge in [-0.25, -0.2) is 4.79 Å². The molecule has 1 aromatic rings. The summed E-state index contributed by atoms with van der Waals surface area (Å²) in [4.78, 5) is 12.1. The van der Waals surface area contributed by atoms with Gasteiger partial charge in [0.15, 0.2) is 0 Å². The Morgan fingerprint density at radius 2 is 2.37 bits per heavy atom. The number of ether oxygens (including phenoxy) is 1. The van der Waals surface area contributed by atoms with Crippen molar-refractivity contribution < 1.29 is 14.6 Å². The number of hydrogen-bond acceptors (Lipinski definition) is 4. The highest BCUT2D eigenvalue weighted by molar-refractivity contribution is 5.83. The average molecular weight is 259 g/mol. The zero-order valence-corrected chi connectivity index (χ0v) is 10.8. The molecule has 2 aliphatic rings. The predicted molar refractivity (Wildman–Crippen MR) is 72.1 cm³/mol. The van der Waals surface area contributed by atoms with E-state index in [9.17, 15) is 9.90 Å². The van der Waals surface area contributed by atoms with Crippen LogP contribution in [0.1, 0.15) is 24.8 Å². The number of hydrogen-bond donors (Lipinski definition) is 2. The van der Waals surface area contributed by atoms with Crippen LogP contribution in [0.15, 0.2) is 30.4 Å². The average Bonchev–Trinajstić information content (AvgIpc) is 2.88. The van der Waals surface area contributed by atoms with Crippen LogP contribution >= 0.6 is 0 Å². The molecule has 2 N–H and O–H groups in total. The van der Waals surface area contributed by atoms with Gasteiger partial charge < -0.3 is 15.2 Å². The van der Waals surface area contributed by atoms with E-state index < -0.39 is 0 Å². The number of benzene rings is 1. The van der Waals surface area contributed by atoms with Gasteiger partial charge in [-0.15, -0.1) is 0 Å². The van der Waals surface area contributed by atoms with E-state index in [1.165, 1.54) is 0 Å². The zero-order valence-electron chi connectivity index (χ0n) is 10.8. The van der Waals surface area contributed by atoms with Crippen molar-refractivity contribution in [2.24, 2.45) is 5.92 Å². The van der Waals surface area contributed by atoms with Gasteiger partial charge in [0.05, 0.1) is 12.3 Å². The lowest BCUT2D eigenvalue weighted by molar-refractivity contribution is -0.145. The molecule has 0 unspecified atom stereocenters. The normalized spacial score (nSPS) is 27.3. The minimum atomic E-state index is -0.388. The highest BCUT2D eigenvalue weighted by Crippen LogP contribution is 2.47. The van der Waals surface area contributed by atoms with Gasteiger partial charge >= 0.3 is 5.97 Å². The summed E-state index contributed by atoms with van der Waals surface area (Å²) in [5, 5.41) is 13.1. The lowest BCUT2D eigenvalue weighted by atomic mass is 9.79. The van der Waals surface area contributed by atoms with E-state index in [4.69, 9.17) is 4.74 Å². The molecule has 3 atom stereocenters. The molecular formula is C15H17NO3. The Labute approximate surface area is 112 Å². The third kappa shape index (κ3) is 1.87. The minimum absolute atomic E-state index is 0.174. The van der Waals surface area contributed by atoms with E-state index >= 15 is 0 Å². The maximum absolute atomic E-state index is 12.1. The van der Waals surface area contributed by atoms with Gasteiger partial charge in [0.25, 0.3) is 0 Å². The molecule has 1 aliphatic heterocycles. The number of esters is 1. The van der Waals surface area contributed by atoms with Gasteiger partial charge in [-0.2, -0.15) is 0 Å². The Kier molecular flexibility index (Phi) is 2.93. The first kappa shape index (κ1) is 12.1. The van der Waals surface area contributed by atoms with Crippen molar-refractivity contribution in [2.45, 2.75) is 25.3 Å². The summed E-state index contributed by atoms with van der Waals surface area (Å²) in [6.45, 7) is 2.17. The van der Waals surface area contributed by atoms with E-state index in [0.29, 0.717) is 12.3 Å². The maximum Gasteiger partial charge on any atom is 0.328 e. The van der Waals surface area contributed by atoms with Gasteiger partial charge in [-0.1, -0.05) is 24.3 Å². The van der Waals surface area contributed by atoms with Crippen molar-refractivity contribution in [3.05, 3.63) is 35.9 Å². The molecule has 0 aromatic heterocycles. The molecule has 0 saturated carbocycles. The van der Waals surface area contributed by atoms with Crippen LogP contribution in [-0.4, -0.2) is 23.7 Å². The fraction of sp³-hybridized carbons (Fsp3) is 0.400. The number of phenols is 1. The molecule has 0 saturated heterocycles. The summed E-state index contributed by atoms with van der Waals surface area (Å²) in [5.74, 6) is 0.298. The van der Waals surface area contributed by atoms with Crippen molar-refractivity contribution in [2.75, 3.05) is 11.9 Å². The molecule has 0 radical (unpaired) electrons. The van der Waals surface area contributed by atoms with Crippen LogP contribution in [0.4, 0.5) is 5.69 Å². The Bertz CT molecular complexity index is 538. The number of aromatic hydroxyl groups is 1. The largest absolute Gasteiger partial charge is 0.506 e. The molecule has 0 bridgehead atoms. The molecular weight excluding hydrogens is 242 g/mol. The summed E-state index contributed by atoms with van der Waals surface area (Å²) in [6.07, 6.45) is 5.08. The minimum Gasteiger partial charge on any atom is -0.506 e. The topological polar surface area (TPSA) is 58.6 Å². The third-order valence-corrected chi connectivity index (χ3v) is 3.92. The monoisotopic (exact) mass is 259 g/mol. The van der Waals surface area contributed by atoms with Crippen LogP contribution in [0.2, 0.25) is 0 Å². The van der Waals surface area contributed by atoms with Crippen molar-refractivity contribution in [3.8, 4) is 5.75 Å². The first-order valence-electron chi connectivity index (χ1n) is 6.64. The number of fused-ring (bicyclic) bond motifs is 3. The number of rotatable bonds is 2. The molecule has 1 aliphatic carbocycles. The highest BCUT2D eigenvalue weighted by Gasteiger charge is 2.42. The van der Waals surface area contributed by atoms with Gasteiger partial charge in [0, 0.05) is 11.8 Å². The first-order valence-corrected chi connectivity index (χ1v) is 6.64. The first-order chi connectivity index (χ1) is 9.22. The number of phenolic OH excluding ortho intramolecular Hbond substituents is 1. The van der Waals surface area contributed by atoms with Crippen molar-refractivity contribution in [1.29, 1.82) is 0 Å². The van der Waals surface area contributed by atoms with E-state index in [1.54, 1.807) is 13.0 Å². The van der Waals surface area contributed by atoms with Crippen molar-refractivity contribution in [3.63, 3.8) is 0 Å². The Morgan fingerprint density at radius 3 is 3.16 bits per heavy atom. The molecule has 3 rings (SSSR count). The molecule has 4 nitrogen and oxygen atoms in total. The molecule has 0 spiro atoms. The lowest BCUT2D eigenvalue weighted by Gasteiger charge is -2.35. The van der Waals surface area contributed by atoms with Crippen molar-refractivity contribution >= 4 is 11.7 Å². The SMILES string of the molecule is CCOC(=O)[C@@H]1Nc2c(O)cccc2[C@@H]2C=CC[C@H]12. The summed E-state index contributed by atoms with van der Waals surface area (Å²) in [6, 6.07) is 5.08. The summed E-state index contributed by atoms with van der Waals surface area (Å²) < 4.78 is 5.13. The summed E-state index contributed by atoms with van der Waals surface area (Å²) in [7, 11) is 0. The van der Waals surface area contributed by atoms with Crippen LogP contribution in [0.3, 0.4) is 0 Å². The Morgan fingerprint density at radius 1 is 1.53 bits per heavy atom. The van der Waals surface area contributed by atoms with Crippen LogP contribution in [0, 0.1) is 5.92 Å². The maximum atomic E-state index is 12.1. The highest BCUT2D eigenvalue weighted by atomic mass is 16.5. The number of carbonyl (C=O) groups excluding carboxylic acids is 1. The van der Waals surface area contributed by atoms with Crippen LogP contribution in [0.5, 0.6) is 5.75 Å². The Hall–Kier alpha value is -1.97. The van der Waals surface area contributed by atoms with Crippen molar-refractivity contribution in [1.82, 2.24) is 0 Å². The van der Waals surface area contributed by atoms with E-state index in [0.717, 1.165) is 12.0 Å². The lowest BCUT2D eigenvalue weighted by Crippen LogP contribution is -2.42. The number of nitrogens with one attached hydrogen (secondary N) is 1. The predicted octanol–water partition coefficient (Wildman–Crippen LogP) is 2.41. The van der Waals surface area contributed by atoms with Gasteiger partial charge in [0.1, 0.15) is 11.8 Å². The molecule has 1 heterocycles. The number of para-hydroxylation sites is 1. The second kappa shape index (κ2) is 4.61. The van der Waals surface area contributed by atoms with Crippen LogP contribution < -0.4 is 5.32 Å². The molecule has 4 heteroatoms. The smallest absolute Gasteiger partial charge is 0.328 e. The van der Waals surface area contributed by atoms with Gasteiger partial charge in [-0.05, 0) is 25.0 Å². The van der Waals surface area contributed by atoms with E-state index in [2.05, 4.69) is 17.5 Å². The fourth-order valence-electron chi connectivity index (χ4n) is 3.07. The summed E-state index contributed by atoms with van der Waals surface area (Å²) in [5.41, 5.74) is 1.72. The quantitative estimate of drug-likeness (QED) is 0.486. The van der Waals surface area contributed by atoms with E-state index in [1.807, 2.05) is 12.1 Å². The number of anilines is 1. The zero-order chi connectivity index (χ0) is 13.4. The van der Waals surface area contributed by atoms with Crippen LogP contribution in [0.25, 0.3) is 0 Å². The molecule has 0 fully saturated rings.